The third-order valence-corrected chi connectivity index (χ3v) is 8.49. The van der Waals surface area contributed by atoms with Gasteiger partial charge in [0.05, 0.1) is 18.8 Å². The maximum absolute atomic E-state index is 13.0. The van der Waals surface area contributed by atoms with Crippen LogP contribution in [0.4, 0.5) is 13.2 Å². The van der Waals surface area contributed by atoms with E-state index in [1.807, 2.05) is 18.2 Å². The summed E-state index contributed by atoms with van der Waals surface area (Å²) in [5.41, 5.74) is 0.351. The standard InChI is InChI=1S/C30H35F3N2O3/c1-38-25-7-3-5-22(15-25)29-12-13-35(18-21-8-9-21)19-26(29)27(36)16-24(17-29)34-28(37)11-10-20-4-2-6-23(14-20)30(31,32)33/h2-7,10-11,14-15,21,24,26-27,36H,8-9,12-13,16-19H2,1H3,(H,34,37). The van der Waals surface area contributed by atoms with Gasteiger partial charge in [-0.3, -0.25) is 4.79 Å². The highest BCUT2D eigenvalue weighted by Crippen LogP contribution is 2.50. The summed E-state index contributed by atoms with van der Waals surface area (Å²) in [6, 6.07) is 12.6. The van der Waals surface area contributed by atoms with Crippen molar-refractivity contribution in [1.29, 1.82) is 0 Å². The summed E-state index contributed by atoms with van der Waals surface area (Å²) in [4.78, 5) is 15.3. The molecule has 3 fully saturated rings. The lowest BCUT2D eigenvalue weighted by Crippen LogP contribution is -2.61. The van der Waals surface area contributed by atoms with Crippen LogP contribution in [0.2, 0.25) is 0 Å². The van der Waals surface area contributed by atoms with Crippen LogP contribution >= 0.6 is 0 Å². The zero-order valence-corrected chi connectivity index (χ0v) is 21.6. The molecule has 0 radical (unpaired) electrons. The first-order valence-corrected chi connectivity index (χ1v) is 13.4. The van der Waals surface area contributed by atoms with Crippen LogP contribution in [0.5, 0.6) is 5.75 Å². The van der Waals surface area contributed by atoms with Gasteiger partial charge in [-0.1, -0.05) is 24.3 Å². The first-order valence-electron chi connectivity index (χ1n) is 13.4. The molecule has 2 saturated carbocycles. The number of aliphatic hydroxyl groups is 1. The quantitative estimate of drug-likeness (QED) is 0.495. The van der Waals surface area contributed by atoms with Gasteiger partial charge < -0.3 is 20.1 Å². The van der Waals surface area contributed by atoms with Gasteiger partial charge in [0.15, 0.2) is 0 Å². The number of carbonyl (C=O) groups is 1. The number of carbonyl (C=O) groups excluding carboxylic acids is 1. The van der Waals surface area contributed by atoms with Crippen LogP contribution < -0.4 is 10.1 Å². The molecular formula is C30H35F3N2O3. The van der Waals surface area contributed by atoms with Crippen LogP contribution in [0.3, 0.4) is 0 Å². The number of benzene rings is 2. The monoisotopic (exact) mass is 528 g/mol. The van der Waals surface area contributed by atoms with Gasteiger partial charge in [0.2, 0.25) is 5.91 Å². The van der Waals surface area contributed by atoms with Crippen molar-refractivity contribution in [3.8, 4) is 5.75 Å². The van der Waals surface area contributed by atoms with Crippen LogP contribution in [-0.2, 0) is 16.4 Å². The van der Waals surface area contributed by atoms with Crippen molar-refractivity contribution in [2.24, 2.45) is 11.8 Å². The van der Waals surface area contributed by atoms with Crippen LogP contribution in [0.25, 0.3) is 6.08 Å². The average molecular weight is 529 g/mol. The van der Waals surface area contributed by atoms with Crippen molar-refractivity contribution in [3.05, 3.63) is 71.3 Å². The Morgan fingerprint density at radius 1 is 1.21 bits per heavy atom. The van der Waals surface area contributed by atoms with Gasteiger partial charge in [-0.05, 0) is 86.0 Å². The second kappa shape index (κ2) is 10.7. The van der Waals surface area contributed by atoms with E-state index in [0.717, 1.165) is 55.4 Å². The number of rotatable bonds is 7. The van der Waals surface area contributed by atoms with Crippen molar-refractivity contribution >= 4 is 12.0 Å². The molecule has 0 bridgehead atoms. The molecular weight excluding hydrogens is 493 g/mol. The summed E-state index contributed by atoms with van der Waals surface area (Å²) < 4.78 is 44.6. The fourth-order valence-corrected chi connectivity index (χ4v) is 6.40. The number of ether oxygens (including phenoxy) is 1. The highest BCUT2D eigenvalue weighted by molar-refractivity contribution is 5.92. The zero-order chi connectivity index (χ0) is 26.9. The van der Waals surface area contributed by atoms with Crippen molar-refractivity contribution in [2.75, 3.05) is 26.7 Å². The van der Waals surface area contributed by atoms with E-state index in [9.17, 15) is 23.1 Å². The lowest BCUT2D eigenvalue weighted by atomic mass is 9.57. The summed E-state index contributed by atoms with van der Waals surface area (Å²) in [6.07, 6.45) is 2.20. The molecule has 1 saturated heterocycles. The molecule has 0 aromatic heterocycles. The maximum atomic E-state index is 13.0. The summed E-state index contributed by atoms with van der Waals surface area (Å²) in [5, 5.41) is 14.4. The van der Waals surface area contributed by atoms with Crippen molar-refractivity contribution < 1.29 is 27.8 Å². The van der Waals surface area contributed by atoms with Gasteiger partial charge in [0.1, 0.15) is 5.75 Å². The predicted octanol–water partition coefficient (Wildman–Crippen LogP) is 5.04. The Morgan fingerprint density at radius 3 is 2.74 bits per heavy atom. The van der Waals surface area contributed by atoms with Gasteiger partial charge in [0, 0.05) is 36.5 Å². The van der Waals surface area contributed by atoms with Crippen LogP contribution in [0, 0.1) is 11.8 Å². The molecule has 1 aliphatic heterocycles. The largest absolute Gasteiger partial charge is 0.497 e. The van der Waals surface area contributed by atoms with E-state index in [-0.39, 0.29) is 23.3 Å². The van der Waals surface area contributed by atoms with E-state index in [1.54, 1.807) is 7.11 Å². The topological polar surface area (TPSA) is 61.8 Å². The van der Waals surface area contributed by atoms with Gasteiger partial charge in [0.25, 0.3) is 0 Å². The molecule has 38 heavy (non-hydrogen) atoms. The van der Waals surface area contributed by atoms with E-state index >= 15 is 0 Å². The number of fused-ring (bicyclic) bond motifs is 1. The maximum Gasteiger partial charge on any atom is 0.416 e. The highest BCUT2D eigenvalue weighted by atomic mass is 19.4. The smallest absolute Gasteiger partial charge is 0.416 e. The third kappa shape index (κ3) is 5.91. The molecule has 2 aromatic carbocycles. The molecule has 5 nitrogen and oxygen atoms in total. The molecule has 1 heterocycles. The fourth-order valence-electron chi connectivity index (χ4n) is 6.40. The molecule has 2 aromatic rings. The Labute approximate surface area is 221 Å². The summed E-state index contributed by atoms with van der Waals surface area (Å²) in [6.45, 7) is 2.84. The van der Waals surface area contributed by atoms with E-state index < -0.39 is 17.8 Å². The highest BCUT2D eigenvalue weighted by Gasteiger charge is 2.52. The number of amides is 1. The second-order valence-corrected chi connectivity index (χ2v) is 11.1. The first-order chi connectivity index (χ1) is 18.2. The van der Waals surface area contributed by atoms with Crippen molar-refractivity contribution in [3.63, 3.8) is 0 Å². The molecule has 5 rings (SSSR count). The van der Waals surface area contributed by atoms with Crippen LogP contribution in [0.15, 0.2) is 54.6 Å². The molecule has 204 valence electrons. The molecule has 4 unspecified atom stereocenters. The predicted molar refractivity (Wildman–Crippen MR) is 140 cm³/mol. The number of alkyl halides is 3. The van der Waals surface area contributed by atoms with Gasteiger partial charge in [-0.25, -0.2) is 0 Å². The molecule has 8 heteroatoms. The number of piperidine rings is 1. The summed E-state index contributed by atoms with van der Waals surface area (Å²) >= 11 is 0. The summed E-state index contributed by atoms with van der Waals surface area (Å²) in [5.74, 6) is 1.19. The Bertz CT molecular complexity index is 1180. The molecule has 4 atom stereocenters. The Balaban J connectivity index is 1.33. The minimum absolute atomic E-state index is 0.0379. The molecule has 2 aliphatic carbocycles. The van der Waals surface area contributed by atoms with E-state index in [1.165, 1.54) is 37.1 Å². The van der Waals surface area contributed by atoms with Crippen LogP contribution in [-0.4, -0.2) is 54.8 Å². The normalized spacial score (nSPS) is 28.2. The van der Waals surface area contributed by atoms with Crippen molar-refractivity contribution in [1.82, 2.24) is 10.2 Å². The number of aliphatic hydroxyl groups excluding tert-OH is 1. The number of nitrogens with one attached hydrogen (secondary N) is 1. The number of hydrogen-bond acceptors (Lipinski definition) is 4. The molecule has 2 N–H and O–H groups in total. The lowest BCUT2D eigenvalue weighted by molar-refractivity contribution is -0.137. The average Bonchev–Trinajstić information content (AvgIpc) is 3.72. The SMILES string of the molecule is COc1cccc(C23CCN(CC4CC4)CC2C(O)CC(NC(=O)C=Cc2cccc(C(F)(F)F)c2)C3)c1. The van der Waals surface area contributed by atoms with E-state index in [4.69, 9.17) is 4.74 Å². The Kier molecular flexibility index (Phi) is 7.56. The zero-order valence-electron chi connectivity index (χ0n) is 21.6. The van der Waals surface area contributed by atoms with Gasteiger partial charge in [-0.15, -0.1) is 0 Å². The second-order valence-electron chi connectivity index (χ2n) is 11.1. The Morgan fingerprint density at radius 2 is 2.00 bits per heavy atom. The van der Waals surface area contributed by atoms with E-state index in [0.29, 0.717) is 18.4 Å². The number of hydrogen-bond donors (Lipinski definition) is 2. The minimum Gasteiger partial charge on any atom is -0.497 e. The van der Waals surface area contributed by atoms with E-state index in [2.05, 4.69) is 16.3 Å². The first kappa shape index (κ1) is 26.8. The summed E-state index contributed by atoms with van der Waals surface area (Å²) in [7, 11) is 1.64. The molecule has 1 amide bonds. The third-order valence-electron chi connectivity index (χ3n) is 8.49. The van der Waals surface area contributed by atoms with Crippen molar-refractivity contribution in [2.45, 2.75) is 55.8 Å². The number of methoxy groups -OCH3 is 1. The lowest BCUT2D eigenvalue weighted by Gasteiger charge is -2.55. The number of likely N-dealkylation sites (tertiary alicyclic amines) is 1. The number of nitrogens with zero attached hydrogens (tertiary/aromatic N) is 1. The number of halogens is 3. The van der Waals surface area contributed by atoms with Crippen LogP contribution in [0.1, 0.15) is 48.8 Å². The molecule has 3 aliphatic rings. The van der Waals surface area contributed by atoms with Gasteiger partial charge >= 0.3 is 6.18 Å². The minimum atomic E-state index is -4.44. The Hall–Kier alpha value is -2.84. The molecule has 0 spiro atoms. The fraction of sp³-hybridized carbons (Fsp3) is 0.500. The van der Waals surface area contributed by atoms with Gasteiger partial charge in [-0.2, -0.15) is 13.2 Å².